The van der Waals surface area contributed by atoms with Crippen LogP contribution in [0.15, 0.2) is 60.7 Å². The van der Waals surface area contributed by atoms with Crippen LogP contribution in [0.1, 0.15) is 0 Å². The van der Waals surface area contributed by atoms with E-state index >= 15 is 0 Å². The third-order valence-corrected chi connectivity index (χ3v) is 3.70. The smallest absolute Gasteiger partial charge is 0.175 e. The molecule has 0 aliphatic heterocycles. The molecule has 0 aromatic heterocycles. The van der Waals surface area contributed by atoms with Crippen LogP contribution >= 0.6 is 23.8 Å². The summed E-state index contributed by atoms with van der Waals surface area (Å²) in [5.74, 6) is 0.152. The monoisotopic (exact) mass is 328 g/mol. The quantitative estimate of drug-likeness (QED) is 0.457. The Bertz CT molecular complexity index is 834. The molecule has 3 nitrogen and oxygen atoms in total. The predicted molar refractivity (Wildman–Crippen MR) is 96.9 cm³/mol. The van der Waals surface area contributed by atoms with Crippen LogP contribution in [0.5, 0.6) is 5.75 Å². The number of halogens is 1. The fourth-order valence-corrected chi connectivity index (χ4v) is 2.55. The van der Waals surface area contributed by atoms with Crippen molar-refractivity contribution >= 4 is 51.1 Å². The van der Waals surface area contributed by atoms with Gasteiger partial charge < -0.3 is 15.7 Å². The van der Waals surface area contributed by atoms with Gasteiger partial charge in [0.25, 0.3) is 0 Å². The summed E-state index contributed by atoms with van der Waals surface area (Å²) < 4.78 is 0. The largest absolute Gasteiger partial charge is 0.506 e. The molecule has 0 heterocycles. The molecular formula is C17H13ClN2OS. The van der Waals surface area contributed by atoms with E-state index in [4.69, 9.17) is 23.8 Å². The van der Waals surface area contributed by atoms with Gasteiger partial charge in [-0.25, -0.2) is 0 Å². The molecule has 0 saturated carbocycles. The van der Waals surface area contributed by atoms with Crippen LogP contribution in [-0.2, 0) is 0 Å². The molecule has 3 rings (SSSR count). The first-order valence-electron chi connectivity index (χ1n) is 6.68. The number of benzene rings is 3. The van der Waals surface area contributed by atoms with Crippen molar-refractivity contribution in [2.75, 3.05) is 10.6 Å². The van der Waals surface area contributed by atoms with Gasteiger partial charge >= 0.3 is 0 Å². The van der Waals surface area contributed by atoms with Crippen molar-refractivity contribution in [3.8, 4) is 5.75 Å². The highest BCUT2D eigenvalue weighted by atomic mass is 35.5. The molecule has 0 amide bonds. The fraction of sp³-hybridized carbons (Fsp3) is 0. The highest BCUT2D eigenvalue weighted by molar-refractivity contribution is 7.80. The first-order valence-corrected chi connectivity index (χ1v) is 7.46. The zero-order valence-corrected chi connectivity index (χ0v) is 13.1. The van der Waals surface area contributed by atoms with E-state index < -0.39 is 0 Å². The number of thiocarbonyl (C=S) groups is 1. The first-order chi connectivity index (χ1) is 10.6. The fourth-order valence-electron chi connectivity index (χ4n) is 2.20. The van der Waals surface area contributed by atoms with E-state index in [1.54, 1.807) is 18.2 Å². The van der Waals surface area contributed by atoms with E-state index in [0.29, 0.717) is 15.8 Å². The second-order valence-corrected chi connectivity index (χ2v) is 5.61. The van der Waals surface area contributed by atoms with Gasteiger partial charge in [0.15, 0.2) is 5.11 Å². The van der Waals surface area contributed by atoms with Crippen molar-refractivity contribution in [2.45, 2.75) is 0 Å². The Morgan fingerprint density at radius 3 is 2.41 bits per heavy atom. The molecule has 110 valence electrons. The summed E-state index contributed by atoms with van der Waals surface area (Å²) in [4.78, 5) is 0. The van der Waals surface area contributed by atoms with Crippen molar-refractivity contribution in [1.29, 1.82) is 0 Å². The van der Waals surface area contributed by atoms with Gasteiger partial charge in [0.05, 0.1) is 5.69 Å². The number of phenols is 1. The summed E-state index contributed by atoms with van der Waals surface area (Å²) in [6, 6.07) is 18.5. The van der Waals surface area contributed by atoms with Gasteiger partial charge in [0.2, 0.25) is 0 Å². The average molecular weight is 329 g/mol. The Kier molecular flexibility index (Phi) is 4.13. The molecule has 0 bridgehead atoms. The van der Waals surface area contributed by atoms with Crippen LogP contribution in [0.25, 0.3) is 10.8 Å². The summed E-state index contributed by atoms with van der Waals surface area (Å²) in [6.07, 6.45) is 0. The number of rotatable bonds is 2. The SMILES string of the molecule is Oc1ccc2ccccc2c1NC(=S)Nc1ccc(Cl)cc1. The van der Waals surface area contributed by atoms with Gasteiger partial charge in [-0.15, -0.1) is 0 Å². The van der Waals surface area contributed by atoms with Crippen LogP contribution in [0, 0.1) is 0 Å². The molecule has 3 aromatic carbocycles. The van der Waals surface area contributed by atoms with Crippen molar-refractivity contribution in [3.63, 3.8) is 0 Å². The van der Waals surface area contributed by atoms with E-state index in [2.05, 4.69) is 10.6 Å². The molecular weight excluding hydrogens is 316 g/mol. The summed E-state index contributed by atoms with van der Waals surface area (Å²) >= 11 is 11.2. The zero-order chi connectivity index (χ0) is 15.5. The molecule has 0 atom stereocenters. The molecule has 0 aliphatic carbocycles. The molecule has 0 unspecified atom stereocenters. The number of anilines is 2. The minimum atomic E-state index is 0.152. The second kappa shape index (κ2) is 6.22. The number of nitrogens with one attached hydrogen (secondary N) is 2. The predicted octanol–water partition coefficient (Wildman–Crippen LogP) is 5.01. The standard InChI is InChI=1S/C17H13ClN2OS/c18-12-6-8-13(9-7-12)19-17(22)20-16-14-4-2-1-3-11(14)5-10-15(16)21/h1-10,21H,(H2,19,20,22). The Balaban J connectivity index is 1.85. The average Bonchev–Trinajstić information content (AvgIpc) is 2.52. The topological polar surface area (TPSA) is 44.3 Å². The maximum Gasteiger partial charge on any atom is 0.175 e. The second-order valence-electron chi connectivity index (χ2n) is 4.77. The summed E-state index contributed by atoms with van der Waals surface area (Å²) in [5, 5.41) is 19.2. The Labute approximate surface area is 138 Å². The van der Waals surface area contributed by atoms with E-state index in [-0.39, 0.29) is 5.75 Å². The third-order valence-electron chi connectivity index (χ3n) is 3.25. The molecule has 0 radical (unpaired) electrons. The number of hydrogen-bond donors (Lipinski definition) is 3. The van der Waals surface area contributed by atoms with E-state index in [1.165, 1.54) is 0 Å². The first kappa shape index (κ1) is 14.6. The molecule has 5 heteroatoms. The number of phenolic OH excluding ortho intramolecular Hbond substituents is 1. The number of aromatic hydroxyl groups is 1. The third kappa shape index (κ3) is 3.13. The minimum absolute atomic E-state index is 0.152. The minimum Gasteiger partial charge on any atom is -0.506 e. The highest BCUT2D eigenvalue weighted by Crippen LogP contribution is 2.32. The maximum absolute atomic E-state index is 10.1. The van der Waals surface area contributed by atoms with Gasteiger partial charge in [-0.2, -0.15) is 0 Å². The molecule has 0 saturated heterocycles. The lowest BCUT2D eigenvalue weighted by Crippen LogP contribution is -2.19. The normalized spacial score (nSPS) is 10.4. The van der Waals surface area contributed by atoms with Gasteiger partial charge in [-0.1, -0.05) is 41.9 Å². The van der Waals surface area contributed by atoms with Crippen molar-refractivity contribution in [3.05, 3.63) is 65.7 Å². The number of fused-ring (bicyclic) bond motifs is 1. The summed E-state index contributed by atoms with van der Waals surface area (Å²) in [6.45, 7) is 0. The van der Waals surface area contributed by atoms with Crippen molar-refractivity contribution < 1.29 is 5.11 Å². The van der Waals surface area contributed by atoms with Crippen LogP contribution in [0.3, 0.4) is 0 Å². The lowest BCUT2D eigenvalue weighted by atomic mass is 10.1. The number of hydrogen-bond acceptors (Lipinski definition) is 2. The van der Waals surface area contributed by atoms with Crippen LogP contribution in [0.4, 0.5) is 11.4 Å². The van der Waals surface area contributed by atoms with E-state index in [1.807, 2.05) is 42.5 Å². The van der Waals surface area contributed by atoms with Gasteiger partial charge in [0.1, 0.15) is 5.75 Å². The zero-order valence-electron chi connectivity index (χ0n) is 11.5. The van der Waals surface area contributed by atoms with Gasteiger partial charge in [0, 0.05) is 16.1 Å². The molecule has 0 fully saturated rings. The molecule has 0 spiro atoms. The summed E-state index contributed by atoms with van der Waals surface area (Å²) in [7, 11) is 0. The Morgan fingerprint density at radius 1 is 0.909 bits per heavy atom. The molecule has 0 aliphatic rings. The molecule has 3 aromatic rings. The van der Waals surface area contributed by atoms with Crippen molar-refractivity contribution in [1.82, 2.24) is 0 Å². The van der Waals surface area contributed by atoms with E-state index in [9.17, 15) is 5.11 Å². The van der Waals surface area contributed by atoms with Crippen LogP contribution in [-0.4, -0.2) is 10.2 Å². The maximum atomic E-state index is 10.1. The lowest BCUT2D eigenvalue weighted by molar-refractivity contribution is 0.478. The van der Waals surface area contributed by atoms with Crippen LogP contribution in [0.2, 0.25) is 5.02 Å². The van der Waals surface area contributed by atoms with E-state index in [0.717, 1.165) is 16.5 Å². The van der Waals surface area contributed by atoms with Gasteiger partial charge in [-0.3, -0.25) is 0 Å². The lowest BCUT2D eigenvalue weighted by Gasteiger charge is -2.14. The van der Waals surface area contributed by atoms with Crippen molar-refractivity contribution in [2.24, 2.45) is 0 Å². The highest BCUT2D eigenvalue weighted by Gasteiger charge is 2.08. The molecule has 22 heavy (non-hydrogen) atoms. The Morgan fingerprint density at radius 2 is 1.64 bits per heavy atom. The van der Waals surface area contributed by atoms with Gasteiger partial charge in [-0.05, 0) is 47.9 Å². The van der Waals surface area contributed by atoms with Crippen LogP contribution < -0.4 is 10.6 Å². The Hall–Kier alpha value is -2.30. The summed E-state index contributed by atoms with van der Waals surface area (Å²) in [5.41, 5.74) is 1.41. The molecule has 3 N–H and O–H groups in total.